The van der Waals surface area contributed by atoms with Crippen molar-refractivity contribution in [3.63, 3.8) is 0 Å². The number of hydrogen-bond donors (Lipinski definition) is 2. The minimum atomic E-state index is -0.162. The molecule has 0 saturated heterocycles. The second-order valence-corrected chi connectivity index (χ2v) is 5.83. The van der Waals surface area contributed by atoms with Gasteiger partial charge in [0.2, 0.25) is 5.91 Å². The molecule has 1 amide bonds. The van der Waals surface area contributed by atoms with E-state index in [9.17, 15) is 4.79 Å². The fourth-order valence-electron chi connectivity index (χ4n) is 2.93. The van der Waals surface area contributed by atoms with Crippen molar-refractivity contribution in [2.45, 2.75) is 44.7 Å². The number of rotatable bonds is 3. The number of pyridine rings is 1. The lowest BCUT2D eigenvalue weighted by molar-refractivity contribution is -0.126. The van der Waals surface area contributed by atoms with E-state index in [4.69, 9.17) is 5.73 Å². The van der Waals surface area contributed by atoms with Gasteiger partial charge in [0.15, 0.2) is 11.5 Å². The maximum Gasteiger partial charge on any atom is 0.223 e. The summed E-state index contributed by atoms with van der Waals surface area (Å²) in [6.45, 7) is 1.94. The molecule has 2 aromatic rings. The Bertz CT molecular complexity index is 630. The fraction of sp³-hybridized carbons (Fsp3) is 0.533. The van der Waals surface area contributed by atoms with Crippen LogP contribution in [0.15, 0.2) is 24.4 Å². The molecule has 1 saturated carbocycles. The van der Waals surface area contributed by atoms with Crippen LogP contribution in [0, 0.1) is 5.92 Å². The number of amides is 1. The second-order valence-electron chi connectivity index (χ2n) is 5.83. The van der Waals surface area contributed by atoms with Gasteiger partial charge in [0.1, 0.15) is 0 Å². The van der Waals surface area contributed by atoms with Crippen molar-refractivity contribution in [3.05, 3.63) is 30.2 Å². The summed E-state index contributed by atoms with van der Waals surface area (Å²) in [4.78, 5) is 12.3. The maximum absolute atomic E-state index is 12.3. The van der Waals surface area contributed by atoms with Crippen molar-refractivity contribution in [1.29, 1.82) is 0 Å². The molecule has 0 spiro atoms. The molecule has 0 aromatic carbocycles. The van der Waals surface area contributed by atoms with Crippen LogP contribution in [0.3, 0.4) is 0 Å². The molecule has 0 aliphatic heterocycles. The Labute approximate surface area is 123 Å². The smallest absolute Gasteiger partial charge is 0.223 e. The van der Waals surface area contributed by atoms with E-state index in [1.165, 1.54) is 0 Å². The summed E-state index contributed by atoms with van der Waals surface area (Å²) in [5.74, 6) is 0.931. The van der Waals surface area contributed by atoms with Crippen LogP contribution in [0.1, 0.15) is 44.5 Å². The van der Waals surface area contributed by atoms with E-state index < -0.39 is 0 Å². The van der Waals surface area contributed by atoms with Crippen molar-refractivity contribution < 1.29 is 4.79 Å². The van der Waals surface area contributed by atoms with Gasteiger partial charge in [0.05, 0.1) is 6.04 Å². The molecule has 3 rings (SSSR count). The normalized spacial score (nSPS) is 23.9. The number of fused-ring (bicyclic) bond motifs is 1. The Balaban J connectivity index is 1.68. The van der Waals surface area contributed by atoms with Crippen LogP contribution in [0.4, 0.5) is 0 Å². The summed E-state index contributed by atoms with van der Waals surface area (Å²) in [5, 5.41) is 11.4. The number of nitrogens with one attached hydrogen (secondary N) is 1. The van der Waals surface area contributed by atoms with Gasteiger partial charge >= 0.3 is 0 Å². The van der Waals surface area contributed by atoms with Gasteiger partial charge in [0, 0.05) is 18.2 Å². The largest absolute Gasteiger partial charge is 0.346 e. The number of carbonyl (C=O) groups excluding carboxylic acids is 1. The Kier molecular flexibility index (Phi) is 3.88. The Morgan fingerprint density at radius 1 is 1.33 bits per heavy atom. The second kappa shape index (κ2) is 5.81. The third-order valence-electron chi connectivity index (χ3n) is 4.23. The number of carbonyl (C=O) groups is 1. The molecule has 21 heavy (non-hydrogen) atoms. The van der Waals surface area contributed by atoms with Crippen molar-refractivity contribution in [2.75, 3.05) is 0 Å². The highest BCUT2D eigenvalue weighted by molar-refractivity contribution is 5.79. The fourth-order valence-corrected chi connectivity index (χ4v) is 2.93. The lowest BCUT2D eigenvalue weighted by atomic mass is 9.86. The minimum absolute atomic E-state index is 0.0754. The first-order valence-corrected chi connectivity index (χ1v) is 7.51. The summed E-state index contributed by atoms with van der Waals surface area (Å²) >= 11 is 0. The molecule has 1 atom stereocenters. The molecule has 112 valence electrons. The van der Waals surface area contributed by atoms with Crippen LogP contribution in [0.25, 0.3) is 5.65 Å². The van der Waals surface area contributed by atoms with Gasteiger partial charge in [-0.3, -0.25) is 9.20 Å². The molecule has 0 bridgehead atoms. The molecule has 6 heteroatoms. The van der Waals surface area contributed by atoms with Crippen LogP contribution in [0.5, 0.6) is 0 Å². The summed E-state index contributed by atoms with van der Waals surface area (Å²) in [5.41, 5.74) is 6.67. The lowest BCUT2D eigenvalue weighted by Crippen LogP contribution is -2.37. The number of nitrogens with zero attached hydrogens (tertiary/aromatic N) is 3. The lowest BCUT2D eigenvalue weighted by Gasteiger charge is -2.26. The highest BCUT2D eigenvalue weighted by Gasteiger charge is 2.26. The molecule has 6 nitrogen and oxygen atoms in total. The van der Waals surface area contributed by atoms with Crippen molar-refractivity contribution >= 4 is 11.6 Å². The maximum atomic E-state index is 12.3. The molecular weight excluding hydrogens is 266 g/mol. The van der Waals surface area contributed by atoms with E-state index in [1.54, 1.807) is 0 Å². The van der Waals surface area contributed by atoms with Gasteiger partial charge in [0.25, 0.3) is 0 Å². The highest BCUT2D eigenvalue weighted by atomic mass is 16.1. The van der Waals surface area contributed by atoms with Crippen LogP contribution < -0.4 is 11.1 Å². The van der Waals surface area contributed by atoms with Crippen molar-refractivity contribution in [3.8, 4) is 0 Å². The summed E-state index contributed by atoms with van der Waals surface area (Å²) < 4.78 is 1.90. The summed E-state index contributed by atoms with van der Waals surface area (Å²) in [6.07, 6.45) is 5.52. The molecule has 1 unspecified atom stereocenters. The molecule has 3 N–H and O–H groups in total. The number of nitrogens with two attached hydrogens (primary N) is 1. The topological polar surface area (TPSA) is 85.3 Å². The van der Waals surface area contributed by atoms with E-state index in [1.807, 2.05) is 35.7 Å². The molecule has 2 aromatic heterocycles. The van der Waals surface area contributed by atoms with Gasteiger partial charge in [-0.2, -0.15) is 0 Å². The van der Waals surface area contributed by atoms with Crippen LogP contribution in [-0.4, -0.2) is 26.5 Å². The van der Waals surface area contributed by atoms with Gasteiger partial charge in [-0.05, 0) is 44.7 Å². The zero-order valence-electron chi connectivity index (χ0n) is 12.2. The van der Waals surface area contributed by atoms with Gasteiger partial charge < -0.3 is 11.1 Å². The molecule has 1 aliphatic carbocycles. The van der Waals surface area contributed by atoms with E-state index in [-0.39, 0.29) is 23.9 Å². The minimum Gasteiger partial charge on any atom is -0.346 e. The predicted molar refractivity (Wildman–Crippen MR) is 79.5 cm³/mol. The van der Waals surface area contributed by atoms with Crippen LogP contribution in [-0.2, 0) is 4.79 Å². The Morgan fingerprint density at radius 3 is 2.86 bits per heavy atom. The first-order valence-electron chi connectivity index (χ1n) is 7.51. The van der Waals surface area contributed by atoms with E-state index >= 15 is 0 Å². The first-order chi connectivity index (χ1) is 10.1. The quantitative estimate of drug-likeness (QED) is 0.894. The van der Waals surface area contributed by atoms with Crippen LogP contribution >= 0.6 is 0 Å². The predicted octanol–water partition coefficient (Wildman–Crippen LogP) is 1.42. The van der Waals surface area contributed by atoms with Crippen molar-refractivity contribution in [1.82, 2.24) is 19.9 Å². The zero-order valence-corrected chi connectivity index (χ0v) is 12.2. The SMILES string of the molecule is CC(NC(=O)C1CCC(N)CC1)c1nnc2ccccn12. The van der Waals surface area contributed by atoms with E-state index in [0.29, 0.717) is 0 Å². The zero-order chi connectivity index (χ0) is 14.8. The van der Waals surface area contributed by atoms with Gasteiger partial charge in [-0.15, -0.1) is 10.2 Å². The average Bonchev–Trinajstić information content (AvgIpc) is 2.92. The summed E-state index contributed by atoms with van der Waals surface area (Å²) in [7, 11) is 0. The standard InChI is InChI=1S/C15H21N5O/c1-10(14-19-18-13-4-2-3-9-20(13)14)17-15(21)11-5-7-12(16)8-6-11/h2-4,9-12H,5-8,16H2,1H3,(H,17,21). The molecular formula is C15H21N5O. The third kappa shape index (κ3) is 2.90. The molecule has 0 radical (unpaired) electrons. The number of hydrogen-bond acceptors (Lipinski definition) is 4. The Morgan fingerprint density at radius 2 is 2.10 bits per heavy atom. The van der Waals surface area contributed by atoms with Gasteiger partial charge in [-0.1, -0.05) is 6.07 Å². The molecule has 1 fully saturated rings. The molecule has 1 aliphatic rings. The Hall–Kier alpha value is -1.95. The first kappa shape index (κ1) is 14.0. The van der Waals surface area contributed by atoms with E-state index in [2.05, 4.69) is 15.5 Å². The van der Waals surface area contributed by atoms with Gasteiger partial charge in [-0.25, -0.2) is 0 Å². The monoisotopic (exact) mass is 287 g/mol. The average molecular weight is 287 g/mol. The molecule has 2 heterocycles. The highest BCUT2D eigenvalue weighted by Crippen LogP contribution is 2.24. The number of aromatic nitrogens is 3. The third-order valence-corrected chi connectivity index (χ3v) is 4.23. The van der Waals surface area contributed by atoms with E-state index in [0.717, 1.165) is 37.2 Å². The van der Waals surface area contributed by atoms with Crippen molar-refractivity contribution in [2.24, 2.45) is 11.7 Å². The summed E-state index contributed by atoms with van der Waals surface area (Å²) in [6, 6.07) is 5.84. The van der Waals surface area contributed by atoms with Crippen LogP contribution in [0.2, 0.25) is 0 Å².